The van der Waals surface area contributed by atoms with Crippen LogP contribution in [-0.4, -0.2) is 31.9 Å². The Labute approximate surface area is 103 Å². The molecule has 1 rings (SSSR count). The number of hydrogen-bond acceptors (Lipinski definition) is 1. The highest BCUT2D eigenvalue weighted by molar-refractivity contribution is 5.74. The van der Waals surface area contributed by atoms with Crippen molar-refractivity contribution in [1.82, 2.24) is 0 Å². The second-order valence-corrected chi connectivity index (χ2v) is 4.31. The number of halogens is 1. The lowest BCUT2D eigenvalue weighted by atomic mass is 10.1. The quantitative estimate of drug-likeness (QED) is 0.386. The van der Waals surface area contributed by atoms with Crippen molar-refractivity contribution in [2.24, 2.45) is 0 Å². The van der Waals surface area contributed by atoms with Crippen LogP contribution in [0.4, 0.5) is 0 Å². The van der Waals surface area contributed by atoms with Crippen molar-refractivity contribution >= 4 is 6.29 Å². The van der Waals surface area contributed by atoms with Gasteiger partial charge in [0.05, 0.1) is 21.1 Å². The first-order valence-corrected chi connectivity index (χ1v) is 4.36. The van der Waals surface area contributed by atoms with E-state index in [1.54, 1.807) is 0 Å². The summed E-state index contributed by atoms with van der Waals surface area (Å²) < 4.78 is 0.903. The molecule has 0 saturated heterocycles. The maximum Gasteiger partial charge on any atom is 0.150 e. The lowest BCUT2D eigenvalue weighted by Crippen LogP contribution is -3.00. The minimum Gasteiger partial charge on any atom is -1.00 e. The Morgan fingerprint density at radius 2 is 1.64 bits per heavy atom. The van der Waals surface area contributed by atoms with Crippen LogP contribution in [0.15, 0.2) is 24.3 Å². The summed E-state index contributed by atoms with van der Waals surface area (Å²) in [5.74, 6) is 0. The first kappa shape index (κ1) is 13.6. The molecule has 0 aliphatic rings. The summed E-state index contributed by atoms with van der Waals surface area (Å²) in [6.07, 6.45) is 0.871. The second kappa shape index (κ2) is 5.46. The Balaban J connectivity index is 0.00000169. The van der Waals surface area contributed by atoms with E-state index in [2.05, 4.69) is 21.1 Å². The van der Waals surface area contributed by atoms with Gasteiger partial charge in [0, 0.05) is 11.1 Å². The zero-order valence-corrected chi connectivity index (χ0v) is 11.0. The third-order valence-electron chi connectivity index (χ3n) is 1.77. The summed E-state index contributed by atoms with van der Waals surface area (Å²) in [5.41, 5.74) is 2.00. The molecule has 0 unspecified atom stereocenters. The van der Waals surface area contributed by atoms with E-state index in [1.165, 1.54) is 5.56 Å². The lowest BCUT2D eigenvalue weighted by Gasteiger charge is -2.23. The second-order valence-electron chi connectivity index (χ2n) is 4.31. The highest BCUT2D eigenvalue weighted by Gasteiger charge is 2.07. The Kier molecular flexibility index (Phi) is 5.29. The van der Waals surface area contributed by atoms with Crippen molar-refractivity contribution in [3.63, 3.8) is 0 Å². The topological polar surface area (TPSA) is 17.1 Å². The largest absolute Gasteiger partial charge is 1.00 e. The molecule has 1 aromatic rings. The molecule has 0 aliphatic heterocycles. The van der Waals surface area contributed by atoms with E-state index < -0.39 is 0 Å². The van der Waals surface area contributed by atoms with Crippen molar-refractivity contribution < 1.29 is 33.3 Å². The standard InChI is InChI=1S/C11H16NO.HI/c1-12(2,3)8-10-4-6-11(9-13)7-5-10;/h4-7,9H,8H2,1-3H3;1H/q+1;/p-1. The number of hydrogen-bond donors (Lipinski definition) is 0. The van der Waals surface area contributed by atoms with Crippen LogP contribution in [-0.2, 0) is 6.54 Å². The average Bonchev–Trinajstić information content (AvgIpc) is 2.03. The molecule has 3 heteroatoms. The number of quaternary nitrogens is 1. The predicted molar refractivity (Wildman–Crippen MR) is 53.6 cm³/mol. The number of aldehydes is 1. The van der Waals surface area contributed by atoms with Gasteiger partial charge in [0.2, 0.25) is 0 Å². The van der Waals surface area contributed by atoms with Gasteiger partial charge in [-0.25, -0.2) is 0 Å². The number of carbonyl (C=O) groups is 1. The predicted octanol–water partition coefficient (Wildman–Crippen LogP) is -1.29. The van der Waals surface area contributed by atoms with Gasteiger partial charge in [0.15, 0.2) is 0 Å². The molecule has 78 valence electrons. The van der Waals surface area contributed by atoms with Crippen molar-refractivity contribution in [2.75, 3.05) is 21.1 Å². The van der Waals surface area contributed by atoms with Crippen molar-refractivity contribution in [3.05, 3.63) is 35.4 Å². The van der Waals surface area contributed by atoms with Gasteiger partial charge >= 0.3 is 0 Å². The zero-order valence-electron chi connectivity index (χ0n) is 8.83. The van der Waals surface area contributed by atoms with Gasteiger partial charge in [-0.15, -0.1) is 0 Å². The monoisotopic (exact) mass is 305 g/mol. The summed E-state index contributed by atoms with van der Waals surface area (Å²) in [6.45, 7) is 0.985. The molecule has 0 aromatic heterocycles. The van der Waals surface area contributed by atoms with Crippen LogP contribution >= 0.6 is 0 Å². The molecule has 0 heterocycles. The van der Waals surface area contributed by atoms with Gasteiger partial charge in [0.1, 0.15) is 12.8 Å². The van der Waals surface area contributed by atoms with Crippen LogP contribution in [0.3, 0.4) is 0 Å². The molecule has 0 N–H and O–H groups in total. The van der Waals surface area contributed by atoms with Crippen LogP contribution in [0.5, 0.6) is 0 Å². The van der Waals surface area contributed by atoms with Gasteiger partial charge in [-0.1, -0.05) is 24.3 Å². The molecule has 0 amide bonds. The molecule has 0 saturated carbocycles. The fourth-order valence-corrected chi connectivity index (χ4v) is 1.25. The van der Waals surface area contributed by atoms with Gasteiger partial charge in [-0.2, -0.15) is 0 Å². The molecule has 14 heavy (non-hydrogen) atoms. The smallest absolute Gasteiger partial charge is 0.150 e. The number of nitrogens with zero attached hydrogens (tertiary/aromatic N) is 1. The molecule has 0 radical (unpaired) electrons. The lowest BCUT2D eigenvalue weighted by molar-refractivity contribution is -0.884. The van der Waals surface area contributed by atoms with Gasteiger partial charge in [-0.3, -0.25) is 4.79 Å². The minimum atomic E-state index is 0. The van der Waals surface area contributed by atoms with Gasteiger partial charge < -0.3 is 28.5 Å². The van der Waals surface area contributed by atoms with Crippen LogP contribution in [0, 0.1) is 0 Å². The van der Waals surface area contributed by atoms with E-state index >= 15 is 0 Å². The summed E-state index contributed by atoms with van der Waals surface area (Å²) in [6, 6.07) is 7.73. The normalized spacial score (nSPS) is 10.5. The Morgan fingerprint density at radius 3 is 2.00 bits per heavy atom. The van der Waals surface area contributed by atoms with Crippen LogP contribution in [0.1, 0.15) is 15.9 Å². The average molecular weight is 305 g/mol. The zero-order chi connectivity index (χ0) is 9.90. The van der Waals surface area contributed by atoms with E-state index in [0.29, 0.717) is 0 Å². The van der Waals surface area contributed by atoms with Crippen molar-refractivity contribution in [2.45, 2.75) is 6.54 Å². The molecular formula is C11H16INO. The maximum absolute atomic E-state index is 10.4. The number of benzene rings is 1. The molecule has 0 fully saturated rings. The minimum absolute atomic E-state index is 0. The fraction of sp³-hybridized carbons (Fsp3) is 0.364. The third kappa shape index (κ3) is 4.72. The van der Waals surface area contributed by atoms with E-state index in [4.69, 9.17) is 0 Å². The van der Waals surface area contributed by atoms with Crippen molar-refractivity contribution in [1.29, 1.82) is 0 Å². The SMILES string of the molecule is C[N+](C)(C)Cc1ccc(C=O)cc1.[I-]. The highest BCUT2D eigenvalue weighted by Crippen LogP contribution is 2.07. The summed E-state index contributed by atoms with van der Waals surface area (Å²) >= 11 is 0. The summed E-state index contributed by atoms with van der Waals surface area (Å²) in [4.78, 5) is 10.4. The Morgan fingerprint density at radius 1 is 1.14 bits per heavy atom. The third-order valence-corrected chi connectivity index (χ3v) is 1.77. The van der Waals surface area contributed by atoms with Crippen molar-refractivity contribution in [3.8, 4) is 0 Å². The molecule has 0 bridgehead atoms. The first-order chi connectivity index (χ1) is 6.01. The molecule has 1 aromatic carbocycles. The molecule has 0 atom stereocenters. The van der Waals surface area contributed by atoms with Crippen LogP contribution < -0.4 is 24.0 Å². The Bertz CT molecular complexity index is 287. The molecule has 0 spiro atoms. The maximum atomic E-state index is 10.4. The van der Waals surface area contributed by atoms with E-state index in [0.717, 1.165) is 22.9 Å². The van der Waals surface area contributed by atoms with E-state index in [9.17, 15) is 4.79 Å². The van der Waals surface area contributed by atoms with Crippen LogP contribution in [0.2, 0.25) is 0 Å². The van der Waals surface area contributed by atoms with Gasteiger partial charge in [-0.05, 0) is 0 Å². The summed E-state index contributed by atoms with van der Waals surface area (Å²) in [7, 11) is 6.44. The highest BCUT2D eigenvalue weighted by atomic mass is 127. The fourth-order valence-electron chi connectivity index (χ4n) is 1.25. The molecule has 2 nitrogen and oxygen atoms in total. The van der Waals surface area contributed by atoms with Crippen LogP contribution in [0.25, 0.3) is 0 Å². The number of rotatable bonds is 3. The van der Waals surface area contributed by atoms with E-state index in [1.807, 2.05) is 24.3 Å². The molecule has 0 aliphatic carbocycles. The van der Waals surface area contributed by atoms with Gasteiger partial charge in [0.25, 0.3) is 0 Å². The first-order valence-electron chi connectivity index (χ1n) is 4.36. The van der Waals surface area contributed by atoms with E-state index in [-0.39, 0.29) is 24.0 Å². The molecular weight excluding hydrogens is 289 g/mol. The number of carbonyl (C=O) groups excluding carboxylic acids is 1. The summed E-state index contributed by atoms with van der Waals surface area (Å²) in [5, 5.41) is 0. The Hall–Kier alpha value is -0.420.